The predicted molar refractivity (Wildman–Crippen MR) is 73.1 cm³/mol. The number of nitrogens with one attached hydrogen (secondary N) is 1. The van der Waals surface area contributed by atoms with Crippen LogP contribution in [0.15, 0.2) is 24.3 Å². The van der Waals surface area contributed by atoms with E-state index in [1.165, 1.54) is 0 Å². The smallest absolute Gasteiger partial charge is 0.387 e. The Labute approximate surface area is 118 Å². The molecule has 1 fully saturated rings. The molecule has 108 valence electrons. The average molecular weight is 293 g/mol. The fourth-order valence-corrected chi connectivity index (χ4v) is 2.17. The van der Waals surface area contributed by atoms with Gasteiger partial charge < -0.3 is 10.1 Å². The molecule has 6 heteroatoms. The summed E-state index contributed by atoms with van der Waals surface area (Å²) in [5, 5.41) is 3.32. The molecule has 0 bridgehead atoms. The second kappa shape index (κ2) is 7.62. The average Bonchev–Trinajstić information content (AvgIpc) is 2.32. The lowest BCUT2D eigenvalue weighted by atomic mass is 10.1. The number of nitrogens with zero attached hydrogens (tertiary/aromatic N) is 1. The van der Waals surface area contributed by atoms with Crippen molar-refractivity contribution in [3.8, 4) is 5.75 Å². The fourth-order valence-electron chi connectivity index (χ4n) is 2.17. The summed E-state index contributed by atoms with van der Waals surface area (Å²) < 4.78 is 28.7. The van der Waals surface area contributed by atoms with Crippen LogP contribution in [0, 0.1) is 0 Å². The highest BCUT2D eigenvalue weighted by Crippen LogP contribution is 2.18. The van der Waals surface area contributed by atoms with E-state index in [1.54, 1.807) is 18.2 Å². The first kappa shape index (κ1) is 16.1. The molecule has 3 nitrogen and oxygen atoms in total. The molecule has 0 radical (unpaired) electrons. The third-order valence-corrected chi connectivity index (χ3v) is 3.15. The van der Waals surface area contributed by atoms with Crippen molar-refractivity contribution < 1.29 is 13.5 Å². The summed E-state index contributed by atoms with van der Waals surface area (Å²) in [6.45, 7) is 3.07. The van der Waals surface area contributed by atoms with Gasteiger partial charge in [-0.25, -0.2) is 0 Å². The van der Waals surface area contributed by atoms with Crippen LogP contribution >= 0.6 is 12.4 Å². The highest BCUT2D eigenvalue weighted by Gasteiger charge is 2.17. The molecule has 1 aliphatic heterocycles. The summed E-state index contributed by atoms with van der Waals surface area (Å²) in [5.74, 6) is 0.227. The Balaban J connectivity index is 0.00000180. The SMILES string of the molecule is C[C@@H]1CNCCN1Cc1cccc(OC(F)F)c1.Cl. The number of rotatable bonds is 4. The quantitative estimate of drug-likeness (QED) is 0.923. The van der Waals surface area contributed by atoms with E-state index in [2.05, 4.69) is 21.9 Å². The van der Waals surface area contributed by atoms with Crippen molar-refractivity contribution in [1.82, 2.24) is 10.2 Å². The first-order chi connectivity index (χ1) is 8.65. The van der Waals surface area contributed by atoms with Crippen LogP contribution in [0.5, 0.6) is 5.75 Å². The molecule has 0 spiro atoms. The van der Waals surface area contributed by atoms with Gasteiger partial charge in [-0.15, -0.1) is 12.4 Å². The highest BCUT2D eigenvalue weighted by molar-refractivity contribution is 5.85. The van der Waals surface area contributed by atoms with Crippen LogP contribution in [0.25, 0.3) is 0 Å². The second-order valence-corrected chi connectivity index (χ2v) is 4.55. The molecule has 2 rings (SSSR count). The molecule has 0 saturated carbocycles. The van der Waals surface area contributed by atoms with Crippen molar-refractivity contribution in [3.63, 3.8) is 0 Å². The zero-order chi connectivity index (χ0) is 13.0. The summed E-state index contributed by atoms with van der Waals surface area (Å²) >= 11 is 0. The van der Waals surface area contributed by atoms with Gasteiger partial charge in [0.15, 0.2) is 0 Å². The van der Waals surface area contributed by atoms with Gasteiger partial charge in [-0.05, 0) is 24.6 Å². The van der Waals surface area contributed by atoms with Gasteiger partial charge in [-0.2, -0.15) is 8.78 Å². The van der Waals surface area contributed by atoms with E-state index in [-0.39, 0.29) is 18.2 Å². The Morgan fingerprint density at radius 2 is 2.26 bits per heavy atom. The minimum Gasteiger partial charge on any atom is -0.435 e. The summed E-state index contributed by atoms with van der Waals surface area (Å²) in [6.07, 6.45) is 0. The van der Waals surface area contributed by atoms with Crippen LogP contribution in [-0.4, -0.2) is 37.2 Å². The van der Waals surface area contributed by atoms with Crippen molar-refractivity contribution in [1.29, 1.82) is 0 Å². The Morgan fingerprint density at radius 1 is 1.47 bits per heavy atom. The molecular weight excluding hydrogens is 274 g/mol. The van der Waals surface area contributed by atoms with Crippen molar-refractivity contribution in [2.45, 2.75) is 26.1 Å². The lowest BCUT2D eigenvalue weighted by Crippen LogP contribution is -2.49. The van der Waals surface area contributed by atoms with Crippen LogP contribution in [0.3, 0.4) is 0 Å². The lowest BCUT2D eigenvalue weighted by Gasteiger charge is -2.33. The maximum atomic E-state index is 12.1. The molecule has 1 atom stereocenters. The predicted octanol–water partition coefficient (Wildman–Crippen LogP) is 2.50. The van der Waals surface area contributed by atoms with E-state index in [9.17, 15) is 8.78 Å². The number of halogens is 3. The molecule has 0 amide bonds. The number of hydrogen-bond donors (Lipinski definition) is 1. The molecule has 1 heterocycles. The van der Waals surface area contributed by atoms with Gasteiger partial charge >= 0.3 is 6.61 Å². The van der Waals surface area contributed by atoms with Crippen LogP contribution in [0.2, 0.25) is 0 Å². The molecule has 0 aromatic heterocycles. The van der Waals surface area contributed by atoms with Crippen LogP contribution in [-0.2, 0) is 6.54 Å². The highest BCUT2D eigenvalue weighted by atomic mass is 35.5. The van der Waals surface area contributed by atoms with E-state index in [1.807, 2.05) is 6.07 Å². The van der Waals surface area contributed by atoms with E-state index < -0.39 is 6.61 Å². The van der Waals surface area contributed by atoms with Gasteiger partial charge in [0.1, 0.15) is 5.75 Å². The van der Waals surface area contributed by atoms with Gasteiger partial charge in [0.2, 0.25) is 0 Å². The van der Waals surface area contributed by atoms with Crippen molar-refractivity contribution in [2.24, 2.45) is 0 Å². The van der Waals surface area contributed by atoms with E-state index in [4.69, 9.17) is 0 Å². The topological polar surface area (TPSA) is 24.5 Å². The molecule has 0 unspecified atom stereocenters. The minimum absolute atomic E-state index is 0. The zero-order valence-corrected chi connectivity index (χ0v) is 11.6. The Kier molecular flexibility index (Phi) is 6.48. The number of hydrogen-bond acceptors (Lipinski definition) is 3. The minimum atomic E-state index is -2.77. The standard InChI is InChI=1S/C13H18F2N2O.ClH/c1-10-8-16-5-6-17(10)9-11-3-2-4-12(7-11)18-13(14)15;/h2-4,7,10,13,16H,5-6,8-9H2,1H3;1H/t10-;/m1./s1. The van der Waals surface area contributed by atoms with Gasteiger partial charge in [-0.1, -0.05) is 12.1 Å². The number of piperazine rings is 1. The maximum absolute atomic E-state index is 12.1. The number of alkyl halides is 2. The molecule has 0 aliphatic carbocycles. The Hall–Kier alpha value is -0.910. The number of benzene rings is 1. The van der Waals surface area contributed by atoms with Gasteiger partial charge in [0.05, 0.1) is 0 Å². The summed E-state index contributed by atoms with van der Waals surface area (Å²) in [5.41, 5.74) is 1.00. The molecule has 1 saturated heterocycles. The summed E-state index contributed by atoms with van der Waals surface area (Å²) in [7, 11) is 0. The molecule has 1 N–H and O–H groups in total. The van der Waals surface area contributed by atoms with Crippen LogP contribution in [0.1, 0.15) is 12.5 Å². The lowest BCUT2D eigenvalue weighted by molar-refractivity contribution is -0.0499. The molecule has 1 aliphatic rings. The zero-order valence-electron chi connectivity index (χ0n) is 10.8. The second-order valence-electron chi connectivity index (χ2n) is 4.55. The third kappa shape index (κ3) is 4.93. The first-order valence-corrected chi connectivity index (χ1v) is 6.13. The van der Waals surface area contributed by atoms with Crippen molar-refractivity contribution in [3.05, 3.63) is 29.8 Å². The molecule has 1 aromatic carbocycles. The summed E-state index contributed by atoms with van der Waals surface area (Å²) in [6, 6.07) is 7.38. The van der Waals surface area contributed by atoms with E-state index in [0.717, 1.165) is 31.7 Å². The van der Waals surface area contributed by atoms with Crippen molar-refractivity contribution >= 4 is 12.4 Å². The van der Waals surface area contributed by atoms with E-state index in [0.29, 0.717) is 6.04 Å². The fraction of sp³-hybridized carbons (Fsp3) is 0.538. The molecule has 19 heavy (non-hydrogen) atoms. The molecule has 1 aromatic rings. The maximum Gasteiger partial charge on any atom is 0.387 e. The van der Waals surface area contributed by atoms with Crippen LogP contribution in [0.4, 0.5) is 8.78 Å². The monoisotopic (exact) mass is 292 g/mol. The van der Waals surface area contributed by atoms with Gasteiger partial charge in [0, 0.05) is 32.2 Å². The third-order valence-electron chi connectivity index (χ3n) is 3.15. The Bertz CT molecular complexity index is 393. The van der Waals surface area contributed by atoms with Crippen LogP contribution < -0.4 is 10.1 Å². The van der Waals surface area contributed by atoms with E-state index >= 15 is 0 Å². The molecular formula is C13H19ClF2N2O. The number of ether oxygens (including phenoxy) is 1. The largest absolute Gasteiger partial charge is 0.435 e. The summed E-state index contributed by atoms with van der Waals surface area (Å²) in [4.78, 5) is 2.33. The van der Waals surface area contributed by atoms with Gasteiger partial charge in [0.25, 0.3) is 0 Å². The van der Waals surface area contributed by atoms with Crippen molar-refractivity contribution in [2.75, 3.05) is 19.6 Å². The Morgan fingerprint density at radius 3 is 2.95 bits per heavy atom. The first-order valence-electron chi connectivity index (χ1n) is 6.13. The normalized spacial score (nSPS) is 20.1. The van der Waals surface area contributed by atoms with Gasteiger partial charge in [-0.3, -0.25) is 4.90 Å².